The SMILES string of the molecule is CCN(CC)C(=O)CCNC(C)CC1CC1. The Bertz CT molecular complexity index is 210. The van der Waals surface area contributed by atoms with E-state index in [0.717, 1.165) is 25.6 Å². The standard InChI is InChI=1S/C13H26N2O/c1-4-15(5-2)13(16)8-9-14-11(3)10-12-6-7-12/h11-12,14H,4-10H2,1-3H3. The predicted octanol–water partition coefficient (Wildman–Crippen LogP) is 2.02. The number of carbonyl (C=O) groups is 1. The van der Waals surface area contributed by atoms with Crippen molar-refractivity contribution in [3.05, 3.63) is 0 Å². The molecular weight excluding hydrogens is 200 g/mol. The first-order valence-corrected chi connectivity index (χ1v) is 6.68. The molecule has 0 bridgehead atoms. The lowest BCUT2D eigenvalue weighted by Crippen LogP contribution is -2.35. The summed E-state index contributed by atoms with van der Waals surface area (Å²) in [6, 6.07) is 0.567. The van der Waals surface area contributed by atoms with E-state index in [9.17, 15) is 4.79 Å². The van der Waals surface area contributed by atoms with Gasteiger partial charge in [0.05, 0.1) is 0 Å². The predicted molar refractivity (Wildman–Crippen MR) is 67.4 cm³/mol. The first-order valence-electron chi connectivity index (χ1n) is 6.68. The van der Waals surface area contributed by atoms with Crippen molar-refractivity contribution in [2.45, 2.75) is 52.5 Å². The van der Waals surface area contributed by atoms with Gasteiger partial charge in [-0.15, -0.1) is 0 Å². The molecule has 0 aliphatic heterocycles. The van der Waals surface area contributed by atoms with Crippen LogP contribution in [0.5, 0.6) is 0 Å². The van der Waals surface area contributed by atoms with Gasteiger partial charge in [-0.3, -0.25) is 4.79 Å². The van der Waals surface area contributed by atoms with Crippen molar-refractivity contribution in [2.24, 2.45) is 5.92 Å². The molecule has 0 spiro atoms. The molecule has 1 amide bonds. The maximum absolute atomic E-state index is 11.7. The lowest BCUT2D eigenvalue weighted by Gasteiger charge is -2.19. The van der Waals surface area contributed by atoms with Gasteiger partial charge < -0.3 is 10.2 Å². The third-order valence-corrected chi connectivity index (χ3v) is 3.33. The van der Waals surface area contributed by atoms with Crippen LogP contribution in [0.2, 0.25) is 0 Å². The van der Waals surface area contributed by atoms with Crippen LogP contribution in [0.4, 0.5) is 0 Å². The van der Waals surface area contributed by atoms with Gasteiger partial charge in [0.15, 0.2) is 0 Å². The fraction of sp³-hybridized carbons (Fsp3) is 0.923. The topological polar surface area (TPSA) is 32.3 Å². The Kier molecular flexibility index (Phi) is 5.81. The minimum absolute atomic E-state index is 0.274. The molecule has 1 N–H and O–H groups in total. The summed E-state index contributed by atoms with van der Waals surface area (Å²) in [5, 5.41) is 3.44. The Morgan fingerprint density at radius 3 is 2.50 bits per heavy atom. The number of nitrogens with one attached hydrogen (secondary N) is 1. The third kappa shape index (κ3) is 4.97. The van der Waals surface area contributed by atoms with Crippen molar-refractivity contribution in [3.8, 4) is 0 Å². The van der Waals surface area contributed by atoms with E-state index in [-0.39, 0.29) is 5.91 Å². The van der Waals surface area contributed by atoms with E-state index in [2.05, 4.69) is 12.2 Å². The van der Waals surface area contributed by atoms with E-state index >= 15 is 0 Å². The second kappa shape index (κ2) is 6.89. The summed E-state index contributed by atoms with van der Waals surface area (Å²) < 4.78 is 0. The van der Waals surface area contributed by atoms with Crippen LogP contribution in [-0.2, 0) is 4.79 Å². The molecule has 1 saturated carbocycles. The Hall–Kier alpha value is -0.570. The number of rotatable bonds is 8. The first-order chi connectivity index (χ1) is 7.67. The average molecular weight is 226 g/mol. The molecule has 0 saturated heterocycles. The van der Waals surface area contributed by atoms with Gasteiger partial charge in [0.25, 0.3) is 0 Å². The minimum Gasteiger partial charge on any atom is -0.343 e. The van der Waals surface area contributed by atoms with Crippen molar-refractivity contribution < 1.29 is 4.79 Å². The summed E-state index contributed by atoms with van der Waals surface area (Å²) in [5.74, 6) is 1.23. The summed E-state index contributed by atoms with van der Waals surface area (Å²) in [7, 11) is 0. The van der Waals surface area contributed by atoms with Gasteiger partial charge in [-0.2, -0.15) is 0 Å². The van der Waals surface area contributed by atoms with E-state index in [4.69, 9.17) is 0 Å². The Morgan fingerprint density at radius 2 is 2.00 bits per heavy atom. The monoisotopic (exact) mass is 226 g/mol. The first kappa shape index (κ1) is 13.5. The second-order valence-corrected chi connectivity index (χ2v) is 4.85. The van der Waals surface area contributed by atoms with E-state index < -0.39 is 0 Å². The number of hydrogen-bond donors (Lipinski definition) is 1. The molecule has 0 radical (unpaired) electrons. The summed E-state index contributed by atoms with van der Waals surface area (Å²) in [5.41, 5.74) is 0. The van der Waals surface area contributed by atoms with E-state index in [0.29, 0.717) is 12.5 Å². The summed E-state index contributed by atoms with van der Waals surface area (Å²) >= 11 is 0. The number of carbonyl (C=O) groups excluding carboxylic acids is 1. The third-order valence-electron chi connectivity index (χ3n) is 3.33. The molecule has 1 rings (SSSR count). The van der Waals surface area contributed by atoms with Crippen LogP contribution < -0.4 is 5.32 Å². The molecule has 1 unspecified atom stereocenters. The number of nitrogens with zero attached hydrogens (tertiary/aromatic N) is 1. The van der Waals surface area contributed by atoms with Gasteiger partial charge in [-0.1, -0.05) is 12.8 Å². The van der Waals surface area contributed by atoms with E-state index in [1.807, 2.05) is 18.7 Å². The second-order valence-electron chi connectivity index (χ2n) is 4.85. The highest BCUT2D eigenvalue weighted by Crippen LogP contribution is 2.33. The van der Waals surface area contributed by atoms with Crippen LogP contribution in [0.1, 0.15) is 46.5 Å². The molecule has 3 heteroatoms. The van der Waals surface area contributed by atoms with Gasteiger partial charge in [0, 0.05) is 32.1 Å². The summed E-state index contributed by atoms with van der Waals surface area (Å²) in [6.07, 6.45) is 4.73. The van der Waals surface area contributed by atoms with Crippen LogP contribution in [0.3, 0.4) is 0 Å². The van der Waals surface area contributed by atoms with Gasteiger partial charge >= 0.3 is 0 Å². The molecule has 16 heavy (non-hydrogen) atoms. The Balaban J connectivity index is 2.06. The van der Waals surface area contributed by atoms with Crippen LogP contribution >= 0.6 is 0 Å². The molecule has 0 aromatic carbocycles. The van der Waals surface area contributed by atoms with Crippen LogP contribution in [0.15, 0.2) is 0 Å². The zero-order valence-corrected chi connectivity index (χ0v) is 11.0. The van der Waals surface area contributed by atoms with Crippen LogP contribution in [-0.4, -0.2) is 36.5 Å². The van der Waals surface area contributed by atoms with Crippen molar-refractivity contribution in [1.82, 2.24) is 10.2 Å². The molecular formula is C13H26N2O. The fourth-order valence-electron chi connectivity index (χ4n) is 2.10. The van der Waals surface area contributed by atoms with Gasteiger partial charge in [0.1, 0.15) is 0 Å². The van der Waals surface area contributed by atoms with Crippen molar-refractivity contribution >= 4 is 5.91 Å². The number of amides is 1. The zero-order valence-electron chi connectivity index (χ0n) is 11.0. The molecule has 3 nitrogen and oxygen atoms in total. The Labute approximate surface area is 99.6 Å². The van der Waals surface area contributed by atoms with Crippen molar-refractivity contribution in [3.63, 3.8) is 0 Å². The van der Waals surface area contributed by atoms with Crippen LogP contribution in [0.25, 0.3) is 0 Å². The molecule has 0 aromatic heterocycles. The minimum atomic E-state index is 0.274. The lowest BCUT2D eigenvalue weighted by molar-refractivity contribution is -0.130. The highest BCUT2D eigenvalue weighted by atomic mass is 16.2. The van der Waals surface area contributed by atoms with Gasteiger partial charge in [0.2, 0.25) is 5.91 Å². The largest absolute Gasteiger partial charge is 0.343 e. The number of hydrogen-bond acceptors (Lipinski definition) is 2. The molecule has 1 aliphatic carbocycles. The zero-order chi connectivity index (χ0) is 12.0. The van der Waals surface area contributed by atoms with Crippen molar-refractivity contribution in [1.29, 1.82) is 0 Å². The Morgan fingerprint density at radius 1 is 1.38 bits per heavy atom. The molecule has 0 aromatic rings. The summed E-state index contributed by atoms with van der Waals surface area (Å²) in [4.78, 5) is 13.6. The quantitative estimate of drug-likeness (QED) is 0.687. The van der Waals surface area contributed by atoms with Gasteiger partial charge in [-0.05, 0) is 33.1 Å². The van der Waals surface area contributed by atoms with Crippen LogP contribution in [0, 0.1) is 5.92 Å². The molecule has 0 heterocycles. The highest BCUT2D eigenvalue weighted by Gasteiger charge is 2.23. The summed E-state index contributed by atoms with van der Waals surface area (Å²) in [6.45, 7) is 8.76. The average Bonchev–Trinajstić information content (AvgIpc) is 3.03. The lowest BCUT2D eigenvalue weighted by atomic mass is 10.1. The molecule has 1 aliphatic rings. The fourth-order valence-corrected chi connectivity index (χ4v) is 2.10. The van der Waals surface area contributed by atoms with Gasteiger partial charge in [-0.25, -0.2) is 0 Å². The van der Waals surface area contributed by atoms with Crippen molar-refractivity contribution in [2.75, 3.05) is 19.6 Å². The highest BCUT2D eigenvalue weighted by molar-refractivity contribution is 5.76. The molecule has 1 atom stereocenters. The smallest absolute Gasteiger partial charge is 0.223 e. The maximum atomic E-state index is 11.7. The molecule has 1 fully saturated rings. The van der Waals surface area contributed by atoms with E-state index in [1.165, 1.54) is 19.3 Å². The normalized spacial score (nSPS) is 17.2. The maximum Gasteiger partial charge on any atom is 0.223 e. The molecule has 94 valence electrons. The van der Waals surface area contributed by atoms with E-state index in [1.54, 1.807) is 0 Å².